The number of carbonyl (C=O) groups excluding carboxylic acids is 1. The molecule has 8 heteroatoms. The topological polar surface area (TPSA) is 66.0 Å². The minimum atomic E-state index is -0.638. The number of halogens is 1. The molecule has 0 spiro atoms. The van der Waals surface area contributed by atoms with Crippen molar-refractivity contribution in [2.75, 3.05) is 26.7 Å². The Morgan fingerprint density at radius 1 is 1.32 bits per heavy atom. The van der Waals surface area contributed by atoms with Crippen LogP contribution in [0.25, 0.3) is 5.70 Å². The Hall–Kier alpha value is -2.35. The van der Waals surface area contributed by atoms with Crippen LogP contribution in [0.1, 0.15) is 27.7 Å². The van der Waals surface area contributed by atoms with Crippen molar-refractivity contribution in [2.45, 2.75) is 12.5 Å². The number of thiophene rings is 1. The van der Waals surface area contributed by atoms with E-state index in [9.17, 15) is 4.79 Å². The monoisotopic (exact) mass is 416 g/mol. The number of nitrogens with zero attached hydrogens (tertiary/aromatic N) is 2. The van der Waals surface area contributed by atoms with Crippen molar-refractivity contribution in [1.82, 2.24) is 15.7 Å². The van der Waals surface area contributed by atoms with Gasteiger partial charge in [0.1, 0.15) is 11.4 Å². The van der Waals surface area contributed by atoms with Crippen molar-refractivity contribution in [3.63, 3.8) is 0 Å². The molecule has 0 fully saturated rings. The van der Waals surface area contributed by atoms with Crippen LogP contribution in [0.4, 0.5) is 0 Å². The maximum Gasteiger partial charge on any atom is 0.261 e. The summed E-state index contributed by atoms with van der Waals surface area (Å²) in [4.78, 5) is 25.2. The molecule has 28 heavy (non-hydrogen) atoms. The number of amides is 1. The zero-order chi connectivity index (χ0) is 19.7. The van der Waals surface area contributed by atoms with Gasteiger partial charge in [0, 0.05) is 19.2 Å². The van der Waals surface area contributed by atoms with E-state index in [1.54, 1.807) is 12.1 Å². The Bertz CT molecular complexity index is 953. The molecule has 2 aliphatic rings. The molecule has 2 N–H and O–H groups in total. The predicted octanol–water partition coefficient (Wildman–Crippen LogP) is 3.16. The predicted molar refractivity (Wildman–Crippen MR) is 113 cm³/mol. The quantitative estimate of drug-likeness (QED) is 0.785. The fourth-order valence-electron chi connectivity index (χ4n) is 3.19. The van der Waals surface area contributed by atoms with Gasteiger partial charge >= 0.3 is 0 Å². The molecule has 2 aromatic rings. The van der Waals surface area contributed by atoms with Gasteiger partial charge in [-0.3, -0.25) is 20.1 Å². The van der Waals surface area contributed by atoms with Gasteiger partial charge in [-0.2, -0.15) is 0 Å². The van der Waals surface area contributed by atoms with E-state index >= 15 is 0 Å². The second kappa shape index (κ2) is 7.58. The normalized spacial score (nSPS) is 21.3. The van der Waals surface area contributed by atoms with Crippen LogP contribution < -0.4 is 10.8 Å². The van der Waals surface area contributed by atoms with Crippen LogP contribution in [0, 0.1) is 0 Å². The van der Waals surface area contributed by atoms with Crippen molar-refractivity contribution in [3.8, 4) is 0 Å². The highest BCUT2D eigenvalue weighted by molar-refractivity contribution is 7.18. The molecule has 0 aliphatic carbocycles. The molecule has 1 atom stereocenters. The van der Waals surface area contributed by atoms with Crippen LogP contribution in [0.15, 0.2) is 47.5 Å². The first-order valence-corrected chi connectivity index (χ1v) is 10.2. The highest BCUT2D eigenvalue weighted by Gasteiger charge is 2.31. The van der Waals surface area contributed by atoms with E-state index in [1.807, 2.05) is 25.1 Å². The molecule has 146 valence electrons. The molecule has 6 nitrogen and oxygen atoms in total. The molecule has 0 radical (unpaired) electrons. The van der Waals surface area contributed by atoms with E-state index in [0.717, 1.165) is 35.7 Å². The molecule has 4 rings (SSSR count). The first-order chi connectivity index (χ1) is 13.4. The molecule has 0 saturated carbocycles. The average Bonchev–Trinajstić information content (AvgIpc) is 3.41. The van der Waals surface area contributed by atoms with E-state index in [-0.39, 0.29) is 5.91 Å². The van der Waals surface area contributed by atoms with Gasteiger partial charge < -0.3 is 10.2 Å². The highest BCUT2D eigenvalue weighted by Crippen LogP contribution is 2.26. The fourth-order valence-corrected chi connectivity index (χ4v) is 4.15. The van der Waals surface area contributed by atoms with Crippen LogP contribution >= 0.6 is 22.9 Å². The first kappa shape index (κ1) is 19.0. The van der Waals surface area contributed by atoms with Gasteiger partial charge in [-0.05, 0) is 30.7 Å². The van der Waals surface area contributed by atoms with E-state index in [1.165, 1.54) is 11.3 Å². The summed E-state index contributed by atoms with van der Waals surface area (Å²) in [6.07, 6.45) is 1.99. The molecule has 2 aliphatic heterocycles. The number of hydroxylamine groups is 1. The molecule has 1 aromatic heterocycles. The molecule has 0 saturated heterocycles. The summed E-state index contributed by atoms with van der Waals surface area (Å²) < 4.78 is 0.593. The largest absolute Gasteiger partial charge is 0.358 e. The molecule has 1 aromatic carbocycles. The number of amidine groups is 1. The number of aliphatic imine (C=N–C) groups is 1. The maximum absolute atomic E-state index is 12.2. The third-order valence-corrected chi connectivity index (χ3v) is 5.98. The molecule has 1 amide bonds. The molecular weight excluding hydrogens is 396 g/mol. The van der Waals surface area contributed by atoms with Gasteiger partial charge in [-0.1, -0.05) is 35.9 Å². The smallest absolute Gasteiger partial charge is 0.261 e. The van der Waals surface area contributed by atoms with E-state index < -0.39 is 5.60 Å². The Kier molecular flexibility index (Phi) is 5.14. The summed E-state index contributed by atoms with van der Waals surface area (Å²) >= 11 is 7.15. The lowest BCUT2D eigenvalue weighted by atomic mass is 10.0. The summed E-state index contributed by atoms with van der Waals surface area (Å²) in [7, 11) is 2.05. The number of nitrogens with one attached hydrogen (secondary N) is 2. The standard InChI is InChI=1S/C20H21ClN4O2S/c1-20(12-23-19(26)16-7-8-17(21)28-16)11-15(24-27-20)13-3-5-14(6-4-13)18-22-9-10-25(18)2/h3-8,11,24H,9-10,12H2,1-2H3,(H,23,26). The van der Waals surface area contributed by atoms with Gasteiger partial charge in [-0.25, -0.2) is 0 Å². The van der Waals surface area contributed by atoms with Gasteiger partial charge in [0.15, 0.2) is 0 Å². The molecule has 1 unspecified atom stereocenters. The Balaban J connectivity index is 1.42. The lowest BCUT2D eigenvalue weighted by Crippen LogP contribution is -2.40. The SMILES string of the molecule is CN1CCN=C1c1ccc(C2=CC(C)(CNC(=O)c3ccc(Cl)s3)ON2)cc1. The summed E-state index contributed by atoms with van der Waals surface area (Å²) in [6.45, 7) is 4.07. The molecule has 0 bridgehead atoms. The molecular formula is C20H21ClN4O2S. The first-order valence-electron chi connectivity index (χ1n) is 9.00. The average molecular weight is 417 g/mol. The second-order valence-corrected chi connectivity index (χ2v) is 8.78. The lowest BCUT2D eigenvalue weighted by Gasteiger charge is -2.20. The second-order valence-electron chi connectivity index (χ2n) is 7.07. The summed E-state index contributed by atoms with van der Waals surface area (Å²) in [5.74, 6) is 0.867. The zero-order valence-electron chi connectivity index (χ0n) is 15.7. The highest BCUT2D eigenvalue weighted by atomic mass is 35.5. The van der Waals surface area contributed by atoms with Crippen molar-refractivity contribution in [3.05, 3.63) is 62.8 Å². The summed E-state index contributed by atoms with van der Waals surface area (Å²) in [5.41, 5.74) is 5.34. The van der Waals surface area contributed by atoms with Crippen molar-refractivity contribution < 1.29 is 9.63 Å². The van der Waals surface area contributed by atoms with Crippen LogP contribution in [-0.4, -0.2) is 48.9 Å². The number of hydrogen-bond donors (Lipinski definition) is 2. The summed E-state index contributed by atoms with van der Waals surface area (Å²) in [6, 6.07) is 11.7. The minimum absolute atomic E-state index is 0.158. The molecule has 3 heterocycles. The Morgan fingerprint density at radius 3 is 2.71 bits per heavy atom. The van der Waals surface area contributed by atoms with Crippen molar-refractivity contribution in [1.29, 1.82) is 0 Å². The van der Waals surface area contributed by atoms with E-state index in [4.69, 9.17) is 16.4 Å². The van der Waals surface area contributed by atoms with E-state index in [0.29, 0.717) is 15.8 Å². The van der Waals surface area contributed by atoms with Crippen LogP contribution in [0.5, 0.6) is 0 Å². The van der Waals surface area contributed by atoms with E-state index in [2.05, 4.69) is 39.9 Å². The van der Waals surface area contributed by atoms with Gasteiger partial charge in [0.25, 0.3) is 5.91 Å². The van der Waals surface area contributed by atoms with Gasteiger partial charge in [-0.15, -0.1) is 11.3 Å². The lowest BCUT2D eigenvalue weighted by molar-refractivity contribution is -0.0194. The number of likely N-dealkylation sites (N-methyl/N-ethyl adjacent to an activating group) is 1. The number of benzene rings is 1. The minimum Gasteiger partial charge on any atom is -0.358 e. The van der Waals surface area contributed by atoms with Crippen LogP contribution in [0.2, 0.25) is 4.34 Å². The summed E-state index contributed by atoms with van der Waals surface area (Å²) in [5, 5.41) is 2.90. The third-order valence-electron chi connectivity index (χ3n) is 4.75. The fraction of sp³-hybridized carbons (Fsp3) is 0.300. The van der Waals surface area contributed by atoms with Crippen molar-refractivity contribution >= 4 is 40.4 Å². The maximum atomic E-state index is 12.2. The number of carbonyl (C=O) groups is 1. The van der Waals surface area contributed by atoms with Gasteiger partial charge in [0.2, 0.25) is 0 Å². The number of hydrogen-bond acceptors (Lipinski definition) is 6. The number of rotatable bonds is 5. The Labute approximate surface area is 172 Å². The Morgan fingerprint density at radius 2 is 2.07 bits per heavy atom. The van der Waals surface area contributed by atoms with Crippen LogP contribution in [0.3, 0.4) is 0 Å². The third kappa shape index (κ3) is 3.92. The van der Waals surface area contributed by atoms with Gasteiger partial charge in [0.05, 0.1) is 28.0 Å². The zero-order valence-corrected chi connectivity index (χ0v) is 17.2. The van der Waals surface area contributed by atoms with Crippen LogP contribution in [-0.2, 0) is 4.84 Å². The van der Waals surface area contributed by atoms with Crippen molar-refractivity contribution in [2.24, 2.45) is 4.99 Å².